The van der Waals surface area contributed by atoms with E-state index in [-0.39, 0.29) is 11.9 Å². The summed E-state index contributed by atoms with van der Waals surface area (Å²) in [6, 6.07) is 13.2. The molecule has 1 unspecified atom stereocenters. The maximum atomic E-state index is 13.5. The molecule has 2 aromatic carbocycles. The molecule has 1 atom stereocenters. The average Bonchev–Trinajstić information content (AvgIpc) is 2.49. The Morgan fingerprint density at radius 1 is 1.14 bits per heavy atom. The van der Waals surface area contributed by atoms with Crippen LogP contribution in [0.15, 0.2) is 56.3 Å². The molecule has 0 aliphatic rings. The summed E-state index contributed by atoms with van der Waals surface area (Å²) in [7, 11) is 0. The summed E-state index contributed by atoms with van der Waals surface area (Å²) in [5.41, 5.74) is 3.72. The van der Waals surface area contributed by atoms with Crippen molar-refractivity contribution in [3.05, 3.63) is 62.8 Å². The molecule has 6 heteroatoms. The second-order valence-corrected chi connectivity index (χ2v) is 7.23. The van der Waals surface area contributed by atoms with Crippen LogP contribution in [-0.2, 0) is 6.42 Å². The van der Waals surface area contributed by atoms with Crippen molar-refractivity contribution in [2.24, 2.45) is 5.84 Å². The van der Waals surface area contributed by atoms with Crippen molar-refractivity contribution >= 4 is 43.6 Å². The van der Waals surface area contributed by atoms with E-state index >= 15 is 0 Å². The third kappa shape index (κ3) is 4.79. The Morgan fingerprint density at radius 2 is 1.90 bits per heavy atom. The van der Waals surface area contributed by atoms with Crippen molar-refractivity contribution in [2.75, 3.05) is 5.75 Å². The Kier molecular flexibility index (Phi) is 6.70. The predicted molar refractivity (Wildman–Crippen MR) is 93.8 cm³/mol. The maximum absolute atomic E-state index is 13.5. The normalized spacial score (nSPS) is 12.4. The molecule has 21 heavy (non-hydrogen) atoms. The van der Waals surface area contributed by atoms with Crippen LogP contribution in [0, 0.1) is 5.82 Å². The van der Waals surface area contributed by atoms with E-state index in [0.29, 0.717) is 10.9 Å². The van der Waals surface area contributed by atoms with Crippen molar-refractivity contribution in [3.8, 4) is 0 Å². The zero-order valence-electron chi connectivity index (χ0n) is 11.2. The number of halogens is 3. The number of hydrazine groups is 1. The topological polar surface area (TPSA) is 38.0 Å². The highest BCUT2D eigenvalue weighted by Crippen LogP contribution is 2.28. The Hall–Kier alpha value is -0.400. The van der Waals surface area contributed by atoms with Crippen molar-refractivity contribution in [1.29, 1.82) is 0 Å². The second kappa shape index (κ2) is 8.29. The van der Waals surface area contributed by atoms with E-state index in [4.69, 9.17) is 5.84 Å². The van der Waals surface area contributed by atoms with Gasteiger partial charge in [-0.25, -0.2) is 4.39 Å². The first kappa shape index (κ1) is 17.0. The van der Waals surface area contributed by atoms with E-state index < -0.39 is 0 Å². The highest BCUT2D eigenvalue weighted by atomic mass is 79.9. The molecule has 0 heterocycles. The Bertz CT molecular complexity index is 610. The van der Waals surface area contributed by atoms with Crippen LogP contribution in [0.25, 0.3) is 0 Å². The van der Waals surface area contributed by atoms with E-state index in [1.807, 2.05) is 24.3 Å². The fraction of sp³-hybridized carbons (Fsp3) is 0.200. The number of benzene rings is 2. The lowest BCUT2D eigenvalue weighted by molar-refractivity contribution is 0.568. The van der Waals surface area contributed by atoms with E-state index in [0.717, 1.165) is 20.7 Å². The van der Waals surface area contributed by atoms with Gasteiger partial charge in [0, 0.05) is 21.2 Å². The van der Waals surface area contributed by atoms with Crippen molar-refractivity contribution < 1.29 is 4.39 Å². The van der Waals surface area contributed by atoms with Crippen LogP contribution in [0.4, 0.5) is 4.39 Å². The minimum atomic E-state index is -0.248. The first-order valence-electron chi connectivity index (χ1n) is 6.38. The van der Waals surface area contributed by atoms with Gasteiger partial charge in [-0.1, -0.05) is 24.3 Å². The maximum Gasteiger partial charge on any atom is 0.137 e. The summed E-state index contributed by atoms with van der Waals surface area (Å²) in [6.07, 6.45) is 0.659. The number of hydrogen-bond acceptors (Lipinski definition) is 3. The molecule has 112 valence electrons. The van der Waals surface area contributed by atoms with E-state index in [1.54, 1.807) is 17.8 Å². The SMILES string of the molecule is NNC(CSc1ccccc1Br)Cc1cccc(F)c1Br. The number of nitrogens with two attached hydrogens (primary N) is 1. The molecule has 0 amide bonds. The molecular weight excluding hydrogens is 419 g/mol. The lowest BCUT2D eigenvalue weighted by Gasteiger charge is -2.17. The summed E-state index contributed by atoms with van der Waals surface area (Å²) in [5.74, 6) is 6.17. The van der Waals surface area contributed by atoms with Gasteiger partial charge >= 0.3 is 0 Å². The molecule has 0 saturated heterocycles. The predicted octanol–water partition coefficient (Wildman–Crippen LogP) is 4.52. The molecule has 2 nitrogen and oxygen atoms in total. The number of nitrogens with one attached hydrogen (secondary N) is 1. The van der Waals surface area contributed by atoms with Gasteiger partial charge in [-0.15, -0.1) is 11.8 Å². The van der Waals surface area contributed by atoms with Gasteiger partial charge in [0.1, 0.15) is 5.82 Å². The Morgan fingerprint density at radius 3 is 2.62 bits per heavy atom. The van der Waals surface area contributed by atoms with Gasteiger partial charge in [-0.2, -0.15) is 0 Å². The Balaban J connectivity index is 2.01. The van der Waals surface area contributed by atoms with E-state index in [9.17, 15) is 4.39 Å². The van der Waals surface area contributed by atoms with E-state index in [1.165, 1.54) is 6.07 Å². The average molecular weight is 434 g/mol. The molecule has 0 saturated carbocycles. The fourth-order valence-corrected chi connectivity index (χ4v) is 3.92. The highest BCUT2D eigenvalue weighted by Gasteiger charge is 2.13. The van der Waals surface area contributed by atoms with Crippen LogP contribution < -0.4 is 11.3 Å². The molecule has 0 aliphatic heterocycles. The molecule has 2 rings (SSSR count). The van der Waals surface area contributed by atoms with Crippen LogP contribution >= 0.6 is 43.6 Å². The second-order valence-electron chi connectivity index (χ2n) is 4.52. The fourth-order valence-electron chi connectivity index (χ4n) is 1.89. The molecular formula is C15H15Br2FN2S. The highest BCUT2D eigenvalue weighted by molar-refractivity contribution is 9.10. The van der Waals surface area contributed by atoms with E-state index in [2.05, 4.69) is 43.4 Å². The van der Waals surface area contributed by atoms with Crippen molar-refractivity contribution in [2.45, 2.75) is 17.4 Å². The zero-order valence-corrected chi connectivity index (χ0v) is 15.1. The summed E-state index contributed by atoms with van der Waals surface area (Å²) in [6.45, 7) is 0. The Labute approximate surface area is 144 Å². The molecule has 0 radical (unpaired) electrons. The number of thioether (sulfide) groups is 1. The molecule has 2 aromatic rings. The third-order valence-electron chi connectivity index (χ3n) is 3.01. The van der Waals surface area contributed by atoms with Gasteiger partial charge in [0.05, 0.1) is 4.47 Å². The van der Waals surface area contributed by atoms with Gasteiger partial charge < -0.3 is 0 Å². The molecule has 3 N–H and O–H groups in total. The molecule has 0 fully saturated rings. The van der Waals surface area contributed by atoms with Crippen LogP contribution in [0.1, 0.15) is 5.56 Å². The smallest absolute Gasteiger partial charge is 0.137 e. The summed E-state index contributed by atoms with van der Waals surface area (Å²) < 4.78 is 15.1. The summed E-state index contributed by atoms with van der Waals surface area (Å²) in [4.78, 5) is 1.16. The molecule has 0 bridgehead atoms. The largest absolute Gasteiger partial charge is 0.271 e. The zero-order chi connectivity index (χ0) is 15.2. The third-order valence-corrected chi connectivity index (χ3v) is 6.09. The van der Waals surface area contributed by atoms with Crippen LogP contribution in [0.2, 0.25) is 0 Å². The van der Waals surface area contributed by atoms with Crippen LogP contribution in [-0.4, -0.2) is 11.8 Å². The van der Waals surface area contributed by atoms with Gasteiger partial charge in [-0.3, -0.25) is 11.3 Å². The molecule has 0 aliphatic carbocycles. The number of rotatable bonds is 6. The molecule has 0 aromatic heterocycles. The summed E-state index contributed by atoms with van der Waals surface area (Å²) >= 11 is 8.52. The van der Waals surface area contributed by atoms with Gasteiger partial charge in [0.2, 0.25) is 0 Å². The minimum absolute atomic E-state index is 0.0557. The van der Waals surface area contributed by atoms with Crippen molar-refractivity contribution in [3.63, 3.8) is 0 Å². The number of hydrogen-bond donors (Lipinski definition) is 2. The lowest BCUT2D eigenvalue weighted by Crippen LogP contribution is -2.38. The first-order chi connectivity index (χ1) is 10.1. The van der Waals surface area contributed by atoms with Crippen molar-refractivity contribution in [1.82, 2.24) is 5.43 Å². The first-order valence-corrected chi connectivity index (χ1v) is 8.95. The van der Waals surface area contributed by atoms with Gasteiger partial charge in [0.15, 0.2) is 0 Å². The monoisotopic (exact) mass is 432 g/mol. The standard InChI is InChI=1S/C15H15Br2FN2S/c16-12-5-1-2-7-14(12)21-9-11(20-19)8-10-4-3-6-13(18)15(10)17/h1-7,11,20H,8-9,19H2. The molecule has 0 spiro atoms. The van der Waals surface area contributed by atoms with Gasteiger partial charge in [0.25, 0.3) is 0 Å². The summed E-state index contributed by atoms with van der Waals surface area (Å²) in [5, 5.41) is 0. The van der Waals surface area contributed by atoms with Crippen LogP contribution in [0.5, 0.6) is 0 Å². The minimum Gasteiger partial charge on any atom is -0.271 e. The van der Waals surface area contributed by atoms with Crippen LogP contribution in [0.3, 0.4) is 0 Å². The lowest BCUT2D eigenvalue weighted by atomic mass is 10.1. The van der Waals surface area contributed by atoms with Gasteiger partial charge in [-0.05, 0) is 62.0 Å². The quantitative estimate of drug-likeness (QED) is 0.399.